The lowest BCUT2D eigenvalue weighted by Crippen LogP contribution is -2.51. The van der Waals surface area contributed by atoms with E-state index in [1.807, 2.05) is 24.3 Å². The summed E-state index contributed by atoms with van der Waals surface area (Å²) in [6.07, 6.45) is 0.544. The summed E-state index contributed by atoms with van der Waals surface area (Å²) in [7, 11) is 1.61. The topological polar surface area (TPSA) is 99.7 Å². The van der Waals surface area contributed by atoms with E-state index < -0.39 is 18.1 Å². The van der Waals surface area contributed by atoms with Gasteiger partial charge in [0.2, 0.25) is 5.91 Å². The summed E-state index contributed by atoms with van der Waals surface area (Å²) in [5.74, 6) is -0.737. The maximum Gasteiger partial charge on any atom is 0.326 e. The second-order valence-electron chi connectivity index (χ2n) is 5.97. The van der Waals surface area contributed by atoms with E-state index in [0.29, 0.717) is 6.42 Å². The normalized spacial score (nSPS) is 21.9. The minimum absolute atomic E-state index is 0.0148. The van der Waals surface area contributed by atoms with Crippen molar-refractivity contribution in [1.29, 1.82) is 0 Å². The van der Waals surface area contributed by atoms with Crippen LogP contribution in [-0.2, 0) is 9.59 Å². The van der Waals surface area contributed by atoms with Gasteiger partial charge >= 0.3 is 5.97 Å². The van der Waals surface area contributed by atoms with Gasteiger partial charge in [-0.25, -0.2) is 15.6 Å². The molecule has 2 rings (SSSR count). The first kappa shape index (κ1) is 17.2. The molecule has 0 radical (unpaired) electrons. The Hall–Kier alpha value is -2.12. The molecule has 1 aromatic carbocycles. The molecule has 23 heavy (non-hydrogen) atoms. The molecule has 1 fully saturated rings. The number of carbonyl (C=O) groups is 2. The minimum Gasteiger partial charge on any atom is -0.497 e. The number of ether oxygens (including phenoxy) is 1. The summed E-state index contributed by atoms with van der Waals surface area (Å²) in [5.41, 5.74) is 7.04. The molecule has 4 N–H and O–H groups in total. The van der Waals surface area contributed by atoms with Gasteiger partial charge in [0.15, 0.2) is 0 Å². The average molecular weight is 321 g/mol. The highest BCUT2D eigenvalue weighted by Gasteiger charge is 2.33. The van der Waals surface area contributed by atoms with Crippen LogP contribution in [0.3, 0.4) is 0 Å². The van der Waals surface area contributed by atoms with Crippen molar-refractivity contribution in [1.82, 2.24) is 16.2 Å². The highest BCUT2D eigenvalue weighted by Crippen LogP contribution is 2.24. The number of aliphatic carboxylic acids is 1. The van der Waals surface area contributed by atoms with Gasteiger partial charge in [-0.2, -0.15) is 0 Å². The van der Waals surface area contributed by atoms with Gasteiger partial charge < -0.3 is 15.2 Å². The van der Waals surface area contributed by atoms with Crippen molar-refractivity contribution < 1.29 is 19.4 Å². The number of hydrogen-bond donors (Lipinski definition) is 4. The average Bonchev–Trinajstić information content (AvgIpc) is 3.01. The van der Waals surface area contributed by atoms with Gasteiger partial charge in [-0.3, -0.25) is 4.79 Å². The van der Waals surface area contributed by atoms with Crippen molar-refractivity contribution in [3.8, 4) is 5.75 Å². The van der Waals surface area contributed by atoms with Crippen molar-refractivity contribution in [2.75, 3.05) is 7.11 Å². The molecule has 3 atom stereocenters. The van der Waals surface area contributed by atoms with Gasteiger partial charge in [0.1, 0.15) is 17.8 Å². The van der Waals surface area contributed by atoms with E-state index in [4.69, 9.17) is 9.84 Å². The number of benzene rings is 1. The van der Waals surface area contributed by atoms with E-state index in [0.717, 1.165) is 11.3 Å². The largest absolute Gasteiger partial charge is 0.497 e. The number of rotatable bonds is 6. The molecule has 7 nitrogen and oxygen atoms in total. The van der Waals surface area contributed by atoms with Crippen LogP contribution in [0.1, 0.15) is 31.9 Å². The molecule has 1 aliphatic heterocycles. The van der Waals surface area contributed by atoms with Crippen molar-refractivity contribution >= 4 is 11.9 Å². The molecule has 0 spiro atoms. The van der Waals surface area contributed by atoms with Crippen LogP contribution in [0.2, 0.25) is 0 Å². The third-order valence-electron chi connectivity index (χ3n) is 3.97. The van der Waals surface area contributed by atoms with Crippen LogP contribution in [0, 0.1) is 5.92 Å². The molecule has 2 unspecified atom stereocenters. The molecule has 1 aliphatic rings. The molecule has 126 valence electrons. The molecule has 1 saturated heterocycles. The molecule has 0 bridgehead atoms. The fourth-order valence-electron chi connectivity index (χ4n) is 2.55. The first-order valence-corrected chi connectivity index (χ1v) is 7.60. The van der Waals surface area contributed by atoms with Gasteiger partial charge in [0.25, 0.3) is 0 Å². The van der Waals surface area contributed by atoms with Crippen LogP contribution in [0.5, 0.6) is 5.75 Å². The summed E-state index contributed by atoms with van der Waals surface area (Å²) >= 11 is 0. The Kier molecular flexibility index (Phi) is 5.57. The maximum absolute atomic E-state index is 12.2. The van der Waals surface area contributed by atoms with E-state index in [2.05, 4.69) is 16.2 Å². The number of amides is 1. The summed E-state index contributed by atoms with van der Waals surface area (Å²) < 4.78 is 5.12. The lowest BCUT2D eigenvalue weighted by atomic mass is 10.0. The predicted molar refractivity (Wildman–Crippen MR) is 84.8 cm³/mol. The lowest BCUT2D eigenvalue weighted by molar-refractivity contribution is -0.143. The number of hydrogen-bond acceptors (Lipinski definition) is 5. The first-order chi connectivity index (χ1) is 10.9. The molecule has 7 heteroatoms. The van der Waals surface area contributed by atoms with Crippen molar-refractivity contribution in [2.45, 2.75) is 38.4 Å². The Labute approximate surface area is 135 Å². The standard InChI is InChI=1S/C16H23N3O4/c1-9(2)14(16(21)22)17-15(20)13-8-12(18-19-13)10-4-6-11(23-3)7-5-10/h4-7,9,12-14,18-19H,8H2,1-3H3,(H,17,20)(H,21,22)/t12?,13?,14-/m0/s1. The summed E-state index contributed by atoms with van der Waals surface area (Å²) in [6, 6.07) is 6.23. The third kappa shape index (κ3) is 4.20. The quantitative estimate of drug-likeness (QED) is 0.619. The highest BCUT2D eigenvalue weighted by molar-refractivity contribution is 5.87. The molecule has 1 aromatic rings. The smallest absolute Gasteiger partial charge is 0.326 e. The van der Waals surface area contributed by atoms with Crippen LogP contribution in [-0.4, -0.2) is 36.2 Å². The van der Waals surface area contributed by atoms with E-state index >= 15 is 0 Å². The molecule has 1 amide bonds. The Balaban J connectivity index is 1.95. The molecule has 0 saturated carbocycles. The minimum atomic E-state index is -1.02. The summed E-state index contributed by atoms with van der Waals surface area (Å²) in [4.78, 5) is 23.4. The van der Waals surface area contributed by atoms with Crippen LogP contribution in [0.4, 0.5) is 0 Å². The van der Waals surface area contributed by atoms with Crippen molar-refractivity contribution in [3.63, 3.8) is 0 Å². The van der Waals surface area contributed by atoms with Crippen LogP contribution in [0.15, 0.2) is 24.3 Å². The zero-order chi connectivity index (χ0) is 17.0. The molecule has 0 aliphatic carbocycles. The Morgan fingerprint density at radius 3 is 2.43 bits per heavy atom. The fourth-order valence-corrected chi connectivity index (χ4v) is 2.55. The Morgan fingerprint density at radius 2 is 1.91 bits per heavy atom. The number of carboxylic acids is 1. The third-order valence-corrected chi connectivity index (χ3v) is 3.97. The van der Waals surface area contributed by atoms with E-state index in [1.54, 1.807) is 21.0 Å². The zero-order valence-corrected chi connectivity index (χ0v) is 13.5. The monoisotopic (exact) mass is 321 g/mol. The van der Waals surface area contributed by atoms with Gasteiger partial charge in [-0.05, 0) is 30.0 Å². The molecule has 1 heterocycles. The van der Waals surface area contributed by atoms with Crippen molar-refractivity contribution in [3.05, 3.63) is 29.8 Å². The van der Waals surface area contributed by atoms with Gasteiger partial charge in [0.05, 0.1) is 7.11 Å². The van der Waals surface area contributed by atoms with Crippen LogP contribution in [0.25, 0.3) is 0 Å². The SMILES string of the molecule is COc1ccc(C2CC(C(=O)N[C@H](C(=O)O)C(C)C)NN2)cc1. The van der Waals surface area contributed by atoms with Gasteiger partial charge in [-0.15, -0.1) is 0 Å². The number of methoxy groups -OCH3 is 1. The first-order valence-electron chi connectivity index (χ1n) is 7.60. The van der Waals surface area contributed by atoms with E-state index in [-0.39, 0.29) is 17.9 Å². The zero-order valence-electron chi connectivity index (χ0n) is 13.5. The van der Waals surface area contributed by atoms with E-state index in [1.165, 1.54) is 0 Å². The summed E-state index contributed by atoms with van der Waals surface area (Å²) in [6.45, 7) is 3.53. The predicted octanol–water partition coefficient (Wildman–Crippen LogP) is 0.828. The van der Waals surface area contributed by atoms with Crippen LogP contribution < -0.4 is 20.9 Å². The molecular formula is C16H23N3O4. The number of hydrazine groups is 1. The molecule has 0 aromatic heterocycles. The number of carboxylic acid groups (broad SMARTS) is 1. The molecular weight excluding hydrogens is 298 g/mol. The van der Waals surface area contributed by atoms with Gasteiger partial charge in [-0.1, -0.05) is 26.0 Å². The number of nitrogens with one attached hydrogen (secondary N) is 3. The lowest BCUT2D eigenvalue weighted by Gasteiger charge is -2.20. The highest BCUT2D eigenvalue weighted by atomic mass is 16.5. The fraction of sp³-hybridized carbons (Fsp3) is 0.500. The maximum atomic E-state index is 12.2. The van der Waals surface area contributed by atoms with E-state index in [9.17, 15) is 9.59 Å². The van der Waals surface area contributed by atoms with Crippen molar-refractivity contribution in [2.24, 2.45) is 5.92 Å². The summed E-state index contributed by atoms with van der Waals surface area (Å²) in [5, 5.41) is 11.7. The second kappa shape index (κ2) is 7.43. The van der Waals surface area contributed by atoms with Gasteiger partial charge in [0, 0.05) is 6.04 Å². The van der Waals surface area contributed by atoms with Crippen LogP contribution >= 0.6 is 0 Å². The number of carbonyl (C=O) groups excluding carboxylic acids is 1. The Morgan fingerprint density at radius 1 is 1.26 bits per heavy atom. The second-order valence-corrected chi connectivity index (χ2v) is 5.97. The Bertz CT molecular complexity index is 559.